The minimum Gasteiger partial charge on any atom is -0.493 e. The molecule has 0 saturated heterocycles. The molecule has 3 aromatic rings. The molecule has 2 amide bonds. The SMILES string of the molecule is CCc1ccccc1NC(=O)C(=O)NN=Cc1cc(Br)c(OCc2ccc(Cl)cc2)c(OC)c1. The first kappa shape index (κ1) is 25.3. The van der Waals surface area contributed by atoms with Crippen LogP contribution in [0, 0.1) is 0 Å². The zero-order chi connectivity index (χ0) is 24.5. The third kappa shape index (κ3) is 6.82. The standard InChI is InChI=1S/C25H23BrClN3O4/c1-3-18-6-4-5-7-21(18)29-24(31)25(32)30-28-14-17-12-20(26)23(22(13-17)33-2)34-15-16-8-10-19(27)11-9-16/h4-14H,3,15H2,1-2H3,(H,29,31)(H,30,32). The minimum atomic E-state index is -0.879. The summed E-state index contributed by atoms with van der Waals surface area (Å²) in [4.78, 5) is 24.3. The number of para-hydroxylation sites is 1. The smallest absolute Gasteiger partial charge is 0.329 e. The maximum atomic E-state index is 12.2. The molecule has 0 radical (unpaired) electrons. The fourth-order valence-corrected chi connectivity index (χ4v) is 3.74. The highest BCUT2D eigenvalue weighted by molar-refractivity contribution is 9.10. The second-order valence-electron chi connectivity index (χ2n) is 7.11. The highest BCUT2D eigenvalue weighted by atomic mass is 79.9. The van der Waals surface area contributed by atoms with E-state index in [0.29, 0.717) is 38.9 Å². The van der Waals surface area contributed by atoms with Crippen LogP contribution in [0.15, 0.2) is 70.2 Å². The van der Waals surface area contributed by atoms with Crippen LogP contribution in [0.25, 0.3) is 0 Å². The van der Waals surface area contributed by atoms with Gasteiger partial charge in [-0.05, 0) is 69.4 Å². The van der Waals surface area contributed by atoms with Crippen LogP contribution >= 0.6 is 27.5 Å². The van der Waals surface area contributed by atoms with Gasteiger partial charge in [-0.25, -0.2) is 5.43 Å². The zero-order valence-electron chi connectivity index (χ0n) is 18.6. The van der Waals surface area contributed by atoms with Gasteiger partial charge in [-0.3, -0.25) is 9.59 Å². The number of carbonyl (C=O) groups excluding carboxylic acids is 2. The lowest BCUT2D eigenvalue weighted by atomic mass is 10.1. The molecule has 3 aromatic carbocycles. The number of ether oxygens (including phenoxy) is 2. The van der Waals surface area contributed by atoms with Crippen LogP contribution in [0.5, 0.6) is 11.5 Å². The molecule has 0 atom stereocenters. The normalized spacial score (nSPS) is 10.7. The van der Waals surface area contributed by atoms with E-state index in [1.165, 1.54) is 13.3 Å². The van der Waals surface area contributed by atoms with E-state index in [2.05, 4.69) is 31.8 Å². The highest BCUT2D eigenvalue weighted by Gasteiger charge is 2.15. The Morgan fingerprint density at radius 3 is 2.53 bits per heavy atom. The monoisotopic (exact) mass is 543 g/mol. The number of rotatable bonds is 8. The Labute approximate surface area is 211 Å². The van der Waals surface area contributed by atoms with E-state index >= 15 is 0 Å². The van der Waals surface area contributed by atoms with Crippen molar-refractivity contribution in [3.8, 4) is 11.5 Å². The van der Waals surface area contributed by atoms with Crippen molar-refractivity contribution >= 4 is 51.2 Å². The Morgan fingerprint density at radius 2 is 1.82 bits per heavy atom. The van der Waals surface area contributed by atoms with Crippen LogP contribution < -0.4 is 20.2 Å². The molecule has 0 heterocycles. The van der Waals surface area contributed by atoms with E-state index < -0.39 is 11.8 Å². The van der Waals surface area contributed by atoms with Gasteiger partial charge in [-0.1, -0.05) is 48.9 Å². The highest BCUT2D eigenvalue weighted by Crippen LogP contribution is 2.37. The van der Waals surface area contributed by atoms with Gasteiger partial charge in [-0.15, -0.1) is 0 Å². The molecular formula is C25H23BrClN3O4. The van der Waals surface area contributed by atoms with Gasteiger partial charge in [-0.2, -0.15) is 5.10 Å². The van der Waals surface area contributed by atoms with E-state index in [1.54, 1.807) is 36.4 Å². The lowest BCUT2D eigenvalue weighted by molar-refractivity contribution is -0.136. The lowest BCUT2D eigenvalue weighted by Crippen LogP contribution is -2.32. The van der Waals surface area contributed by atoms with Crippen molar-refractivity contribution in [2.75, 3.05) is 12.4 Å². The summed E-state index contributed by atoms with van der Waals surface area (Å²) in [7, 11) is 1.53. The second kappa shape index (κ2) is 12.2. The number of nitrogens with zero attached hydrogens (tertiary/aromatic N) is 1. The number of hydrogen-bond donors (Lipinski definition) is 2. The summed E-state index contributed by atoms with van der Waals surface area (Å²) in [5, 5.41) is 7.13. The van der Waals surface area contributed by atoms with Crippen molar-refractivity contribution < 1.29 is 19.1 Å². The molecule has 2 N–H and O–H groups in total. The Bertz CT molecular complexity index is 1200. The summed E-state index contributed by atoms with van der Waals surface area (Å²) >= 11 is 9.40. The van der Waals surface area contributed by atoms with Gasteiger partial charge in [0.15, 0.2) is 11.5 Å². The van der Waals surface area contributed by atoms with Gasteiger partial charge in [0.05, 0.1) is 17.8 Å². The number of halogens is 2. The summed E-state index contributed by atoms with van der Waals surface area (Å²) in [6.45, 7) is 2.29. The Hall–Kier alpha value is -3.36. The van der Waals surface area contributed by atoms with Gasteiger partial charge in [0.2, 0.25) is 0 Å². The zero-order valence-corrected chi connectivity index (χ0v) is 20.9. The van der Waals surface area contributed by atoms with Gasteiger partial charge in [0, 0.05) is 10.7 Å². The maximum absolute atomic E-state index is 12.2. The molecule has 0 aromatic heterocycles. The van der Waals surface area contributed by atoms with Gasteiger partial charge in [0.25, 0.3) is 0 Å². The first-order valence-corrected chi connectivity index (χ1v) is 11.6. The topological polar surface area (TPSA) is 89.0 Å². The number of benzene rings is 3. The molecule has 0 bridgehead atoms. The number of carbonyl (C=O) groups is 2. The quantitative estimate of drug-likeness (QED) is 0.228. The van der Waals surface area contributed by atoms with Crippen molar-refractivity contribution in [3.05, 3.63) is 86.8 Å². The largest absolute Gasteiger partial charge is 0.493 e. The lowest BCUT2D eigenvalue weighted by Gasteiger charge is -2.13. The summed E-state index contributed by atoms with van der Waals surface area (Å²) in [5.74, 6) is -0.684. The predicted octanol–water partition coefficient (Wildman–Crippen LogP) is 5.34. The molecular weight excluding hydrogens is 522 g/mol. The molecule has 7 nitrogen and oxygen atoms in total. The molecule has 176 valence electrons. The molecule has 0 fully saturated rings. The van der Waals surface area contributed by atoms with Gasteiger partial charge >= 0.3 is 11.8 Å². The fraction of sp³-hybridized carbons (Fsp3) is 0.160. The van der Waals surface area contributed by atoms with Crippen LogP contribution in [0.3, 0.4) is 0 Å². The average Bonchev–Trinajstić information content (AvgIpc) is 2.84. The third-order valence-corrected chi connectivity index (χ3v) is 5.62. The summed E-state index contributed by atoms with van der Waals surface area (Å²) in [6, 6.07) is 18.1. The Balaban J connectivity index is 1.62. The molecule has 0 aliphatic rings. The van der Waals surface area contributed by atoms with Crippen LogP contribution in [-0.4, -0.2) is 25.1 Å². The van der Waals surface area contributed by atoms with E-state index in [0.717, 1.165) is 17.5 Å². The molecule has 9 heteroatoms. The van der Waals surface area contributed by atoms with E-state index in [-0.39, 0.29) is 0 Å². The van der Waals surface area contributed by atoms with E-state index in [4.69, 9.17) is 21.1 Å². The van der Waals surface area contributed by atoms with Crippen molar-refractivity contribution in [2.45, 2.75) is 20.0 Å². The van der Waals surface area contributed by atoms with Crippen molar-refractivity contribution in [1.29, 1.82) is 0 Å². The number of hydrazone groups is 1. The number of amides is 2. The van der Waals surface area contributed by atoms with Crippen molar-refractivity contribution in [2.24, 2.45) is 5.10 Å². The van der Waals surface area contributed by atoms with Crippen molar-refractivity contribution in [3.63, 3.8) is 0 Å². The van der Waals surface area contributed by atoms with Crippen LogP contribution in [0.1, 0.15) is 23.6 Å². The van der Waals surface area contributed by atoms with E-state index in [1.807, 2.05) is 31.2 Å². The van der Waals surface area contributed by atoms with Crippen molar-refractivity contribution in [1.82, 2.24) is 5.43 Å². The molecule has 0 aliphatic carbocycles. The number of nitrogens with one attached hydrogen (secondary N) is 2. The average molecular weight is 545 g/mol. The molecule has 0 unspecified atom stereocenters. The summed E-state index contributed by atoms with van der Waals surface area (Å²) in [6.07, 6.45) is 2.13. The Morgan fingerprint density at radius 1 is 1.09 bits per heavy atom. The molecule has 3 rings (SSSR count). The molecule has 0 spiro atoms. The first-order chi connectivity index (χ1) is 16.4. The fourth-order valence-electron chi connectivity index (χ4n) is 3.04. The van der Waals surface area contributed by atoms with Gasteiger partial charge in [0.1, 0.15) is 6.61 Å². The van der Waals surface area contributed by atoms with E-state index in [9.17, 15) is 9.59 Å². The number of hydrogen-bond acceptors (Lipinski definition) is 5. The minimum absolute atomic E-state index is 0.325. The second-order valence-corrected chi connectivity index (χ2v) is 8.40. The third-order valence-electron chi connectivity index (χ3n) is 4.78. The molecule has 0 saturated carbocycles. The van der Waals surface area contributed by atoms with Crippen LogP contribution in [-0.2, 0) is 22.6 Å². The number of methoxy groups -OCH3 is 1. The Kier molecular flexibility index (Phi) is 9.07. The predicted molar refractivity (Wildman–Crippen MR) is 137 cm³/mol. The molecule has 0 aliphatic heterocycles. The maximum Gasteiger partial charge on any atom is 0.329 e. The molecule has 34 heavy (non-hydrogen) atoms. The first-order valence-electron chi connectivity index (χ1n) is 10.4. The summed E-state index contributed by atoms with van der Waals surface area (Å²) in [5.41, 5.74) is 5.33. The summed E-state index contributed by atoms with van der Waals surface area (Å²) < 4.78 is 12.0. The van der Waals surface area contributed by atoms with Crippen LogP contribution in [0.4, 0.5) is 5.69 Å². The number of aryl methyl sites for hydroxylation is 1. The number of anilines is 1. The van der Waals surface area contributed by atoms with Crippen LogP contribution in [0.2, 0.25) is 5.02 Å². The van der Waals surface area contributed by atoms with Gasteiger partial charge < -0.3 is 14.8 Å².